The van der Waals surface area contributed by atoms with Crippen LogP contribution in [0.4, 0.5) is 5.00 Å². The topological polar surface area (TPSA) is 43.1 Å². The quantitative estimate of drug-likeness (QED) is 0.744. The molecule has 0 aromatic carbocycles. The van der Waals surface area contributed by atoms with Gasteiger partial charge in [0, 0.05) is 10.8 Å². The summed E-state index contributed by atoms with van der Waals surface area (Å²) in [5, 5.41) is 0.758. The number of fused-ring (bicyclic) bond motifs is 1. The molecule has 0 fully saturated rings. The summed E-state index contributed by atoms with van der Waals surface area (Å²) in [6, 6.07) is 0. The van der Waals surface area contributed by atoms with E-state index >= 15 is 0 Å². The predicted molar refractivity (Wildman–Crippen MR) is 92.2 cm³/mol. The number of nitrogen functional groups attached to an aromatic ring is 1. The Balaban J connectivity index is 2.25. The van der Waals surface area contributed by atoms with Crippen molar-refractivity contribution in [1.82, 2.24) is 0 Å². The van der Waals surface area contributed by atoms with Gasteiger partial charge in [-0.25, -0.2) is 0 Å². The van der Waals surface area contributed by atoms with E-state index in [2.05, 4.69) is 0 Å². The molecule has 0 bridgehead atoms. The molecule has 118 valence electrons. The molecule has 1 aliphatic rings. The number of aryl methyl sites for hydroxylation is 1. The van der Waals surface area contributed by atoms with Crippen molar-refractivity contribution in [2.75, 3.05) is 5.73 Å². The summed E-state index contributed by atoms with van der Waals surface area (Å²) in [5.74, 6) is 0.268. The molecule has 3 heteroatoms. The third kappa shape index (κ3) is 4.32. The van der Waals surface area contributed by atoms with Gasteiger partial charge in [-0.15, -0.1) is 11.3 Å². The Labute approximate surface area is 133 Å². The minimum atomic E-state index is 0.0346. The van der Waals surface area contributed by atoms with Gasteiger partial charge < -0.3 is 5.73 Å². The molecule has 0 atom stereocenters. The van der Waals surface area contributed by atoms with Crippen LogP contribution in [0.15, 0.2) is 0 Å². The second kappa shape index (κ2) is 7.98. The Morgan fingerprint density at radius 1 is 0.952 bits per heavy atom. The van der Waals surface area contributed by atoms with E-state index in [0.717, 1.165) is 23.4 Å². The normalized spacial score (nSPS) is 17.9. The second-order valence-corrected chi connectivity index (χ2v) is 7.73. The molecule has 0 radical (unpaired) electrons. The first-order valence-corrected chi connectivity index (χ1v) is 9.37. The maximum atomic E-state index is 12.5. The van der Waals surface area contributed by atoms with E-state index in [9.17, 15) is 4.79 Å². The fraction of sp³-hybridized carbons (Fsp3) is 0.722. The highest BCUT2D eigenvalue weighted by atomic mass is 32.1. The molecule has 0 saturated carbocycles. The standard InChI is InChI=1S/C18H29NOS/c1-13(2)17(20)16-14-11-9-7-5-3-4-6-8-10-12-15(14)21-18(16)19/h13H,3-12,19H2,1-2H3. The van der Waals surface area contributed by atoms with E-state index in [1.165, 1.54) is 61.8 Å². The first-order valence-electron chi connectivity index (χ1n) is 8.55. The number of carbonyl (C=O) groups excluding carboxylic acids is 1. The third-order valence-electron chi connectivity index (χ3n) is 4.47. The van der Waals surface area contributed by atoms with Crippen LogP contribution in [0.1, 0.15) is 86.0 Å². The summed E-state index contributed by atoms with van der Waals surface area (Å²) in [5.41, 5.74) is 8.35. The summed E-state index contributed by atoms with van der Waals surface area (Å²) in [7, 11) is 0. The number of hydrogen-bond acceptors (Lipinski definition) is 3. The third-order valence-corrected chi connectivity index (χ3v) is 5.59. The van der Waals surface area contributed by atoms with Crippen molar-refractivity contribution in [3.05, 3.63) is 16.0 Å². The molecule has 0 aliphatic heterocycles. The number of ketones is 1. The predicted octanol–water partition coefficient (Wildman–Crippen LogP) is 5.39. The zero-order chi connectivity index (χ0) is 15.2. The fourth-order valence-corrected chi connectivity index (χ4v) is 4.37. The lowest BCUT2D eigenvalue weighted by atomic mass is 9.93. The van der Waals surface area contributed by atoms with Crippen LogP contribution in [0, 0.1) is 5.92 Å². The Bertz CT molecular complexity index is 476. The molecule has 0 saturated heterocycles. The molecule has 2 N–H and O–H groups in total. The minimum absolute atomic E-state index is 0.0346. The molecule has 0 unspecified atom stereocenters. The summed E-state index contributed by atoms with van der Waals surface area (Å²) >= 11 is 1.67. The Morgan fingerprint density at radius 2 is 1.48 bits per heavy atom. The number of rotatable bonds is 2. The number of carbonyl (C=O) groups is 1. The van der Waals surface area contributed by atoms with Gasteiger partial charge in [0.15, 0.2) is 5.78 Å². The smallest absolute Gasteiger partial charge is 0.168 e. The van der Waals surface area contributed by atoms with Gasteiger partial charge in [0.1, 0.15) is 0 Å². The average Bonchev–Trinajstić information content (AvgIpc) is 2.74. The number of anilines is 1. The lowest BCUT2D eigenvalue weighted by Crippen LogP contribution is -2.11. The van der Waals surface area contributed by atoms with Crippen LogP contribution in [0.5, 0.6) is 0 Å². The summed E-state index contributed by atoms with van der Waals surface area (Å²) in [6.45, 7) is 3.95. The maximum absolute atomic E-state index is 12.5. The van der Waals surface area contributed by atoms with Crippen molar-refractivity contribution in [2.45, 2.75) is 78.1 Å². The van der Waals surface area contributed by atoms with Gasteiger partial charge in [0.25, 0.3) is 0 Å². The van der Waals surface area contributed by atoms with Crippen LogP contribution in [0.25, 0.3) is 0 Å². The molecular weight excluding hydrogens is 278 g/mol. The SMILES string of the molecule is CC(C)C(=O)c1c(N)sc2c1CCCCCCCCCC2. The number of Topliss-reactive ketones (excluding diaryl/α,β-unsaturated/α-hetero) is 1. The lowest BCUT2D eigenvalue weighted by molar-refractivity contribution is 0.0939. The molecule has 0 amide bonds. The van der Waals surface area contributed by atoms with Gasteiger partial charge in [-0.2, -0.15) is 0 Å². The van der Waals surface area contributed by atoms with Crippen LogP contribution >= 0.6 is 11.3 Å². The highest BCUT2D eigenvalue weighted by molar-refractivity contribution is 7.16. The summed E-state index contributed by atoms with van der Waals surface area (Å²) in [6.07, 6.45) is 12.6. The van der Waals surface area contributed by atoms with E-state index in [4.69, 9.17) is 5.73 Å². The molecule has 1 aromatic heterocycles. The highest BCUT2D eigenvalue weighted by Gasteiger charge is 2.23. The van der Waals surface area contributed by atoms with Gasteiger partial charge in [0.2, 0.25) is 0 Å². The largest absolute Gasteiger partial charge is 0.390 e. The van der Waals surface area contributed by atoms with Gasteiger partial charge >= 0.3 is 0 Å². The van der Waals surface area contributed by atoms with Crippen molar-refractivity contribution >= 4 is 22.1 Å². The van der Waals surface area contributed by atoms with Gasteiger partial charge in [-0.1, -0.05) is 52.4 Å². The van der Waals surface area contributed by atoms with Crippen LogP contribution in [0.3, 0.4) is 0 Å². The summed E-state index contributed by atoms with van der Waals surface area (Å²) < 4.78 is 0. The monoisotopic (exact) mass is 307 g/mol. The number of thiophene rings is 1. The average molecular weight is 308 g/mol. The van der Waals surface area contributed by atoms with Crippen molar-refractivity contribution in [3.63, 3.8) is 0 Å². The first-order chi connectivity index (χ1) is 10.1. The number of hydrogen-bond donors (Lipinski definition) is 1. The zero-order valence-corrected chi connectivity index (χ0v) is 14.4. The van der Waals surface area contributed by atoms with Crippen molar-refractivity contribution < 1.29 is 4.79 Å². The molecular formula is C18H29NOS. The lowest BCUT2D eigenvalue weighted by Gasteiger charge is -2.11. The molecule has 21 heavy (non-hydrogen) atoms. The molecule has 1 aromatic rings. The van der Waals surface area contributed by atoms with E-state index < -0.39 is 0 Å². The van der Waals surface area contributed by atoms with Gasteiger partial charge in [0.05, 0.1) is 10.6 Å². The van der Waals surface area contributed by atoms with Gasteiger partial charge in [-0.3, -0.25) is 4.79 Å². The molecule has 2 nitrogen and oxygen atoms in total. The fourth-order valence-electron chi connectivity index (χ4n) is 3.21. The van der Waals surface area contributed by atoms with E-state index in [1.807, 2.05) is 13.8 Å². The van der Waals surface area contributed by atoms with Gasteiger partial charge in [-0.05, 0) is 31.2 Å². The Hall–Kier alpha value is -0.830. The first kappa shape index (κ1) is 16.5. The summed E-state index contributed by atoms with van der Waals surface area (Å²) in [4.78, 5) is 13.9. The van der Waals surface area contributed by atoms with Crippen LogP contribution < -0.4 is 5.73 Å². The molecule has 1 heterocycles. The van der Waals surface area contributed by atoms with Crippen molar-refractivity contribution in [3.8, 4) is 0 Å². The van der Waals surface area contributed by atoms with Crippen LogP contribution in [0.2, 0.25) is 0 Å². The molecule has 1 aliphatic carbocycles. The van der Waals surface area contributed by atoms with Crippen molar-refractivity contribution in [1.29, 1.82) is 0 Å². The Morgan fingerprint density at radius 3 is 2.05 bits per heavy atom. The molecule has 2 rings (SSSR count). The van der Waals surface area contributed by atoms with Crippen LogP contribution in [-0.2, 0) is 12.8 Å². The highest BCUT2D eigenvalue weighted by Crippen LogP contribution is 2.35. The van der Waals surface area contributed by atoms with Crippen molar-refractivity contribution in [2.24, 2.45) is 5.92 Å². The maximum Gasteiger partial charge on any atom is 0.168 e. The number of nitrogens with two attached hydrogens (primary N) is 1. The zero-order valence-electron chi connectivity index (χ0n) is 13.5. The Kier molecular flexibility index (Phi) is 6.28. The molecule has 0 spiro atoms. The van der Waals surface area contributed by atoms with E-state index in [0.29, 0.717) is 0 Å². The second-order valence-electron chi connectivity index (χ2n) is 6.59. The minimum Gasteiger partial charge on any atom is -0.390 e. The van der Waals surface area contributed by atoms with E-state index in [1.54, 1.807) is 11.3 Å². The van der Waals surface area contributed by atoms with E-state index in [-0.39, 0.29) is 11.7 Å². The van der Waals surface area contributed by atoms with Crippen LogP contribution in [-0.4, -0.2) is 5.78 Å².